The highest BCUT2D eigenvalue weighted by Crippen LogP contribution is 2.37. The van der Waals surface area contributed by atoms with Crippen LogP contribution in [0, 0.1) is 11.3 Å². The minimum atomic E-state index is 0.845. The first-order chi connectivity index (χ1) is 10.3. The van der Waals surface area contributed by atoms with Gasteiger partial charge in [0.05, 0.1) is 5.16 Å². The highest BCUT2D eigenvalue weighted by molar-refractivity contribution is 7.78. The third kappa shape index (κ3) is 7.55. The summed E-state index contributed by atoms with van der Waals surface area (Å²) in [4.78, 5) is 0. The van der Waals surface area contributed by atoms with E-state index in [1.165, 1.54) is 57.8 Å². The van der Waals surface area contributed by atoms with Gasteiger partial charge in [-0.3, -0.25) is 0 Å². The van der Waals surface area contributed by atoms with Crippen LogP contribution in [0.2, 0.25) is 0 Å². The van der Waals surface area contributed by atoms with E-state index in [9.17, 15) is 0 Å². The molecule has 0 amide bonds. The Labute approximate surface area is 135 Å². The van der Waals surface area contributed by atoms with Crippen molar-refractivity contribution in [2.24, 2.45) is 5.92 Å². The summed E-state index contributed by atoms with van der Waals surface area (Å²) in [5.74, 6) is 1.87. The second kappa shape index (κ2) is 11.7. The second-order valence-corrected chi connectivity index (χ2v) is 6.28. The largest absolute Gasteiger partial charge is 0.248 e. The average Bonchev–Trinajstić information content (AvgIpc) is 2.54. The molecule has 0 bridgehead atoms. The lowest BCUT2D eigenvalue weighted by molar-refractivity contribution is 0.302. The van der Waals surface area contributed by atoms with E-state index in [0.29, 0.717) is 0 Å². The molecule has 1 aromatic carbocycles. The molecule has 116 valence electrons. The summed E-state index contributed by atoms with van der Waals surface area (Å²) >= 11 is 3.81. The molecule has 1 aliphatic rings. The van der Waals surface area contributed by atoms with Gasteiger partial charge in [-0.1, -0.05) is 69.4 Å². The summed E-state index contributed by atoms with van der Waals surface area (Å²) in [6.45, 7) is 2.30. The molecular weight excluding hydrogens is 274 g/mol. The van der Waals surface area contributed by atoms with Gasteiger partial charge in [0, 0.05) is 0 Å². The lowest BCUT2D eigenvalue weighted by atomic mass is 9.77. The van der Waals surface area contributed by atoms with Gasteiger partial charge in [0.2, 0.25) is 0 Å². The Morgan fingerprint density at radius 3 is 2.24 bits per heavy atom. The Morgan fingerprint density at radius 1 is 1.05 bits per heavy atom. The van der Waals surface area contributed by atoms with E-state index < -0.39 is 0 Å². The van der Waals surface area contributed by atoms with Crippen LogP contribution in [0.25, 0.3) is 0 Å². The number of thiocarbonyl (C=S) groups is 1. The van der Waals surface area contributed by atoms with Gasteiger partial charge in [-0.15, -0.1) is 0 Å². The quantitative estimate of drug-likeness (QED) is 0.357. The number of isothiocyanates is 1. The van der Waals surface area contributed by atoms with Crippen LogP contribution < -0.4 is 0 Å². The molecule has 0 spiro atoms. The SMILES string of the molecule is CCCCCCC1CCC(c2ccccc2)CC1.N=C=S. The Hall–Kier alpha value is -0.980. The van der Waals surface area contributed by atoms with Crippen LogP contribution in [-0.2, 0) is 0 Å². The molecule has 1 aromatic rings. The van der Waals surface area contributed by atoms with Gasteiger partial charge in [0.25, 0.3) is 0 Å². The van der Waals surface area contributed by atoms with Crippen molar-refractivity contribution >= 4 is 17.4 Å². The Bertz CT molecular complexity index is 387. The second-order valence-electron chi connectivity index (χ2n) is 6.08. The number of hydrogen-bond donors (Lipinski definition) is 1. The molecule has 1 nitrogen and oxygen atoms in total. The van der Waals surface area contributed by atoms with Crippen molar-refractivity contribution in [3.63, 3.8) is 0 Å². The predicted molar refractivity (Wildman–Crippen MR) is 95.2 cm³/mol. The first kappa shape index (κ1) is 18.1. The minimum absolute atomic E-state index is 0.845. The van der Waals surface area contributed by atoms with E-state index in [1.54, 1.807) is 10.7 Å². The van der Waals surface area contributed by atoms with Crippen LogP contribution in [-0.4, -0.2) is 5.16 Å². The lowest BCUT2D eigenvalue weighted by Gasteiger charge is -2.28. The summed E-state index contributed by atoms with van der Waals surface area (Å²) in [6, 6.07) is 11.1. The Balaban J connectivity index is 0.000000677. The summed E-state index contributed by atoms with van der Waals surface area (Å²) in [7, 11) is 0. The van der Waals surface area contributed by atoms with Gasteiger partial charge < -0.3 is 0 Å². The zero-order valence-electron chi connectivity index (χ0n) is 13.3. The molecule has 0 unspecified atom stereocenters. The van der Waals surface area contributed by atoms with Gasteiger partial charge in [-0.05, 0) is 55.3 Å². The Kier molecular flexibility index (Phi) is 10.0. The fourth-order valence-corrected chi connectivity index (χ4v) is 3.37. The van der Waals surface area contributed by atoms with Gasteiger partial charge in [-0.25, -0.2) is 5.41 Å². The standard InChI is InChI=1S/C18H28.CHNS/c1-2-3-4-6-9-16-12-14-18(15-13-16)17-10-7-5-8-11-17;2-1-3/h5,7-8,10-11,16,18H,2-4,6,9,12-15H2,1H3;2H. The number of unbranched alkanes of at least 4 members (excludes halogenated alkanes) is 3. The van der Waals surface area contributed by atoms with Crippen LogP contribution in [0.1, 0.15) is 76.2 Å². The van der Waals surface area contributed by atoms with E-state index in [1.807, 2.05) is 0 Å². The van der Waals surface area contributed by atoms with Crippen molar-refractivity contribution in [3.05, 3.63) is 35.9 Å². The lowest BCUT2D eigenvalue weighted by Crippen LogP contribution is -2.13. The molecule has 0 aromatic heterocycles. The van der Waals surface area contributed by atoms with Gasteiger partial charge >= 0.3 is 0 Å². The molecule has 2 heteroatoms. The fourth-order valence-electron chi connectivity index (χ4n) is 3.37. The zero-order valence-corrected chi connectivity index (χ0v) is 14.1. The van der Waals surface area contributed by atoms with Crippen LogP contribution in [0.5, 0.6) is 0 Å². The molecular formula is C19H29NS. The van der Waals surface area contributed by atoms with Crippen molar-refractivity contribution < 1.29 is 0 Å². The maximum Gasteiger partial charge on any atom is 0.0554 e. The van der Waals surface area contributed by atoms with Crippen LogP contribution in [0.3, 0.4) is 0 Å². The maximum absolute atomic E-state index is 5.77. The van der Waals surface area contributed by atoms with Crippen LogP contribution >= 0.6 is 12.2 Å². The molecule has 1 N–H and O–H groups in total. The molecule has 0 saturated heterocycles. The van der Waals surface area contributed by atoms with Crippen molar-refractivity contribution in [2.75, 3.05) is 0 Å². The van der Waals surface area contributed by atoms with Crippen molar-refractivity contribution in [1.82, 2.24) is 0 Å². The molecule has 0 heterocycles. The normalized spacial score (nSPS) is 21.0. The summed E-state index contributed by atoms with van der Waals surface area (Å²) in [5, 5.41) is 7.36. The topological polar surface area (TPSA) is 23.9 Å². The van der Waals surface area contributed by atoms with E-state index in [0.717, 1.165) is 11.8 Å². The predicted octanol–water partition coefficient (Wildman–Crippen LogP) is 6.60. The number of benzene rings is 1. The molecule has 0 atom stereocenters. The first-order valence-electron chi connectivity index (χ1n) is 8.40. The molecule has 0 aliphatic heterocycles. The summed E-state index contributed by atoms with van der Waals surface area (Å²) < 4.78 is 0. The van der Waals surface area contributed by atoms with Gasteiger partial charge in [0.1, 0.15) is 0 Å². The van der Waals surface area contributed by atoms with Crippen molar-refractivity contribution in [3.8, 4) is 0 Å². The highest BCUT2D eigenvalue weighted by atomic mass is 32.1. The smallest absolute Gasteiger partial charge is 0.0554 e. The van der Waals surface area contributed by atoms with E-state index in [2.05, 4.69) is 49.5 Å². The number of nitrogens with one attached hydrogen (secondary N) is 1. The molecule has 21 heavy (non-hydrogen) atoms. The van der Waals surface area contributed by atoms with E-state index in [4.69, 9.17) is 5.41 Å². The number of rotatable bonds is 6. The summed E-state index contributed by atoms with van der Waals surface area (Å²) in [5.41, 5.74) is 1.57. The van der Waals surface area contributed by atoms with Crippen molar-refractivity contribution in [2.45, 2.75) is 70.6 Å². The summed E-state index contributed by atoms with van der Waals surface area (Å²) in [6.07, 6.45) is 13.0. The van der Waals surface area contributed by atoms with Gasteiger partial charge in [-0.2, -0.15) is 0 Å². The minimum Gasteiger partial charge on any atom is -0.248 e. The molecule has 1 saturated carbocycles. The fraction of sp³-hybridized carbons (Fsp3) is 0.632. The van der Waals surface area contributed by atoms with Crippen molar-refractivity contribution in [1.29, 1.82) is 5.41 Å². The van der Waals surface area contributed by atoms with Gasteiger partial charge in [0.15, 0.2) is 0 Å². The maximum atomic E-state index is 5.77. The zero-order chi connectivity index (χ0) is 15.3. The molecule has 0 radical (unpaired) electrons. The van der Waals surface area contributed by atoms with Crippen LogP contribution in [0.4, 0.5) is 0 Å². The van der Waals surface area contributed by atoms with E-state index in [-0.39, 0.29) is 0 Å². The monoisotopic (exact) mass is 303 g/mol. The first-order valence-corrected chi connectivity index (χ1v) is 8.81. The molecule has 1 aliphatic carbocycles. The Morgan fingerprint density at radius 2 is 1.67 bits per heavy atom. The third-order valence-electron chi connectivity index (χ3n) is 4.58. The van der Waals surface area contributed by atoms with Crippen LogP contribution in [0.15, 0.2) is 30.3 Å². The highest BCUT2D eigenvalue weighted by Gasteiger charge is 2.21. The molecule has 2 rings (SSSR count). The number of hydrogen-bond acceptors (Lipinski definition) is 2. The van der Waals surface area contributed by atoms with E-state index >= 15 is 0 Å². The third-order valence-corrected chi connectivity index (χ3v) is 4.58. The molecule has 1 fully saturated rings. The average molecular weight is 304 g/mol.